The zero-order chi connectivity index (χ0) is 22.4. The summed E-state index contributed by atoms with van der Waals surface area (Å²) in [5.74, 6) is 1.41. The van der Waals surface area contributed by atoms with Crippen LogP contribution in [-0.2, 0) is 13.1 Å². The SMILES string of the molecule is Cc1ccccc1CN(Cc1ccc(C(=O)N2CC3(C)CC2CC(C)(C)C3)o1)C(C)C. The number of carbonyl (C=O) groups excluding carboxylic acids is 1. The maximum atomic E-state index is 13.3. The first-order chi connectivity index (χ1) is 14.6. The highest BCUT2D eigenvalue weighted by Gasteiger charge is 2.51. The average Bonchev–Trinajstić information content (AvgIpc) is 3.23. The van der Waals surface area contributed by atoms with Crippen molar-refractivity contribution in [1.29, 1.82) is 0 Å². The van der Waals surface area contributed by atoms with E-state index < -0.39 is 0 Å². The first kappa shape index (κ1) is 22.1. The van der Waals surface area contributed by atoms with Crippen molar-refractivity contribution in [2.24, 2.45) is 10.8 Å². The highest BCUT2D eigenvalue weighted by atomic mass is 16.4. The molecule has 1 aromatic heterocycles. The van der Waals surface area contributed by atoms with Gasteiger partial charge < -0.3 is 9.32 Å². The molecular formula is C27H38N2O2. The number of fused-ring (bicyclic) bond motifs is 2. The third kappa shape index (κ3) is 4.74. The summed E-state index contributed by atoms with van der Waals surface area (Å²) < 4.78 is 6.11. The fourth-order valence-electron chi connectivity index (χ4n) is 6.04. The third-order valence-corrected chi connectivity index (χ3v) is 7.27. The normalized spacial score (nSPS) is 24.9. The molecule has 2 unspecified atom stereocenters. The van der Waals surface area contributed by atoms with Gasteiger partial charge in [-0.25, -0.2) is 0 Å². The van der Waals surface area contributed by atoms with Gasteiger partial charge in [0, 0.05) is 25.2 Å². The summed E-state index contributed by atoms with van der Waals surface area (Å²) in [6, 6.07) is 13.1. The number of aryl methyl sites for hydroxylation is 1. The van der Waals surface area contributed by atoms with Crippen molar-refractivity contribution < 1.29 is 9.21 Å². The van der Waals surface area contributed by atoms with Gasteiger partial charge in [-0.15, -0.1) is 0 Å². The number of benzene rings is 1. The summed E-state index contributed by atoms with van der Waals surface area (Å²) in [7, 11) is 0. The zero-order valence-electron chi connectivity index (χ0n) is 20.1. The lowest BCUT2D eigenvalue weighted by Crippen LogP contribution is -2.37. The summed E-state index contributed by atoms with van der Waals surface area (Å²) in [6.07, 6.45) is 3.39. The molecule has 1 aliphatic heterocycles. The van der Waals surface area contributed by atoms with Crippen molar-refractivity contribution in [2.45, 2.75) is 86.0 Å². The summed E-state index contributed by atoms with van der Waals surface area (Å²) in [5.41, 5.74) is 3.17. The Labute approximate surface area is 187 Å². The standard InChI is InChI=1S/C27H38N2O2/c1-19(2)28(15-21-10-8-7-9-20(21)3)16-23-11-12-24(31-23)25(30)29-18-27(6)14-22(29)13-26(4,5)17-27/h7-12,19,22H,13-18H2,1-6H3. The maximum Gasteiger partial charge on any atom is 0.289 e. The van der Waals surface area contributed by atoms with Crippen LogP contribution >= 0.6 is 0 Å². The third-order valence-electron chi connectivity index (χ3n) is 7.27. The fraction of sp³-hybridized carbons (Fsp3) is 0.593. The maximum absolute atomic E-state index is 13.3. The number of hydrogen-bond acceptors (Lipinski definition) is 3. The van der Waals surface area contributed by atoms with E-state index in [1.165, 1.54) is 17.5 Å². The molecule has 1 aromatic carbocycles. The van der Waals surface area contributed by atoms with E-state index in [9.17, 15) is 4.79 Å². The van der Waals surface area contributed by atoms with Crippen LogP contribution in [0.2, 0.25) is 0 Å². The Morgan fingerprint density at radius 3 is 2.58 bits per heavy atom. The second kappa shape index (κ2) is 8.12. The molecule has 1 aliphatic carbocycles. The Balaban J connectivity index is 1.46. The second-order valence-corrected chi connectivity index (χ2v) is 11.3. The van der Waals surface area contributed by atoms with Crippen LogP contribution in [0.5, 0.6) is 0 Å². The second-order valence-electron chi connectivity index (χ2n) is 11.3. The topological polar surface area (TPSA) is 36.7 Å². The Morgan fingerprint density at radius 2 is 1.87 bits per heavy atom. The van der Waals surface area contributed by atoms with Gasteiger partial charge in [0.25, 0.3) is 5.91 Å². The van der Waals surface area contributed by atoms with Crippen molar-refractivity contribution >= 4 is 5.91 Å². The van der Waals surface area contributed by atoms with Gasteiger partial charge in [0.05, 0.1) is 6.54 Å². The summed E-state index contributed by atoms with van der Waals surface area (Å²) in [5, 5.41) is 0. The predicted molar refractivity (Wildman–Crippen MR) is 125 cm³/mol. The predicted octanol–water partition coefficient (Wildman–Crippen LogP) is 6.04. The Bertz CT molecular complexity index is 944. The molecule has 31 heavy (non-hydrogen) atoms. The molecule has 2 aliphatic rings. The molecule has 2 bridgehead atoms. The van der Waals surface area contributed by atoms with Gasteiger partial charge in [0.2, 0.25) is 0 Å². The number of hydrogen-bond donors (Lipinski definition) is 0. The monoisotopic (exact) mass is 422 g/mol. The molecule has 0 radical (unpaired) electrons. The number of furan rings is 1. The summed E-state index contributed by atoms with van der Waals surface area (Å²) in [6.45, 7) is 16.0. The minimum absolute atomic E-state index is 0.0627. The average molecular weight is 423 g/mol. The molecule has 2 fully saturated rings. The van der Waals surface area contributed by atoms with E-state index >= 15 is 0 Å². The van der Waals surface area contributed by atoms with E-state index in [0.29, 0.717) is 29.8 Å². The smallest absolute Gasteiger partial charge is 0.289 e. The van der Waals surface area contributed by atoms with Crippen molar-refractivity contribution in [3.05, 3.63) is 59.0 Å². The molecule has 1 amide bonds. The molecule has 1 saturated carbocycles. The molecule has 2 aromatic rings. The Morgan fingerprint density at radius 1 is 1.13 bits per heavy atom. The molecular weight excluding hydrogens is 384 g/mol. The minimum atomic E-state index is 0.0627. The van der Waals surface area contributed by atoms with E-state index in [-0.39, 0.29) is 11.3 Å². The first-order valence-corrected chi connectivity index (χ1v) is 11.7. The Hall–Kier alpha value is -2.07. The molecule has 2 heterocycles. The lowest BCUT2D eigenvalue weighted by Gasteiger charge is -2.39. The van der Waals surface area contributed by atoms with Gasteiger partial charge in [-0.3, -0.25) is 9.69 Å². The highest BCUT2D eigenvalue weighted by molar-refractivity contribution is 5.92. The number of carbonyl (C=O) groups is 1. The number of rotatable bonds is 6. The van der Waals surface area contributed by atoms with Crippen LogP contribution in [0.3, 0.4) is 0 Å². The van der Waals surface area contributed by atoms with E-state index in [2.05, 4.69) is 75.6 Å². The van der Waals surface area contributed by atoms with Crippen molar-refractivity contribution in [2.75, 3.05) is 6.54 Å². The van der Waals surface area contributed by atoms with Crippen LogP contribution in [0.1, 0.15) is 81.3 Å². The molecule has 4 rings (SSSR count). The molecule has 2 atom stereocenters. The molecule has 4 nitrogen and oxygen atoms in total. The highest BCUT2D eigenvalue weighted by Crippen LogP contribution is 2.52. The molecule has 0 spiro atoms. The van der Waals surface area contributed by atoms with Gasteiger partial charge >= 0.3 is 0 Å². The van der Waals surface area contributed by atoms with Crippen LogP contribution in [0.4, 0.5) is 0 Å². The van der Waals surface area contributed by atoms with Crippen LogP contribution in [-0.4, -0.2) is 34.3 Å². The van der Waals surface area contributed by atoms with E-state index in [1.807, 2.05) is 12.1 Å². The molecule has 4 heteroatoms. The fourth-order valence-corrected chi connectivity index (χ4v) is 6.04. The van der Waals surface area contributed by atoms with Gasteiger partial charge in [-0.1, -0.05) is 45.0 Å². The van der Waals surface area contributed by atoms with Crippen LogP contribution in [0.15, 0.2) is 40.8 Å². The largest absolute Gasteiger partial charge is 0.455 e. The van der Waals surface area contributed by atoms with Crippen molar-refractivity contribution in [1.82, 2.24) is 9.80 Å². The van der Waals surface area contributed by atoms with Crippen molar-refractivity contribution in [3.8, 4) is 0 Å². The van der Waals surface area contributed by atoms with Gasteiger partial charge in [-0.2, -0.15) is 0 Å². The van der Waals surface area contributed by atoms with E-state index in [4.69, 9.17) is 4.42 Å². The quantitative estimate of drug-likeness (QED) is 0.569. The van der Waals surface area contributed by atoms with Gasteiger partial charge in [0.15, 0.2) is 5.76 Å². The van der Waals surface area contributed by atoms with E-state index in [0.717, 1.165) is 31.7 Å². The summed E-state index contributed by atoms with van der Waals surface area (Å²) >= 11 is 0. The lowest BCUT2D eigenvalue weighted by atomic mass is 9.65. The minimum Gasteiger partial charge on any atom is -0.455 e. The molecule has 168 valence electrons. The van der Waals surface area contributed by atoms with Crippen LogP contribution in [0, 0.1) is 17.8 Å². The molecule has 0 N–H and O–H groups in total. The van der Waals surface area contributed by atoms with Crippen LogP contribution < -0.4 is 0 Å². The van der Waals surface area contributed by atoms with Crippen molar-refractivity contribution in [3.63, 3.8) is 0 Å². The number of amides is 1. The van der Waals surface area contributed by atoms with E-state index in [1.54, 1.807) is 0 Å². The Kier molecular flexibility index (Phi) is 5.80. The zero-order valence-corrected chi connectivity index (χ0v) is 20.1. The first-order valence-electron chi connectivity index (χ1n) is 11.7. The van der Waals surface area contributed by atoms with Gasteiger partial charge in [-0.05, 0) is 74.1 Å². The molecule has 1 saturated heterocycles. The van der Waals surface area contributed by atoms with Crippen LogP contribution in [0.25, 0.3) is 0 Å². The lowest BCUT2D eigenvalue weighted by molar-refractivity contribution is 0.0671. The number of likely N-dealkylation sites (tertiary alicyclic amines) is 1. The summed E-state index contributed by atoms with van der Waals surface area (Å²) in [4.78, 5) is 17.8. The number of nitrogens with zero attached hydrogens (tertiary/aromatic N) is 2. The van der Waals surface area contributed by atoms with Gasteiger partial charge in [0.1, 0.15) is 5.76 Å².